The van der Waals surface area contributed by atoms with Gasteiger partial charge in [0.05, 0.1) is 23.2 Å². The van der Waals surface area contributed by atoms with E-state index < -0.39 is 17.7 Å². The number of fused-ring (bicyclic) bond motifs is 1. The summed E-state index contributed by atoms with van der Waals surface area (Å²) in [5.74, 6) is -1.53. The number of amides is 1. The van der Waals surface area contributed by atoms with Gasteiger partial charge in [-0.25, -0.2) is 0 Å². The molecule has 2 aromatic rings. The summed E-state index contributed by atoms with van der Waals surface area (Å²) in [6.07, 6.45) is 5.80. The molecule has 0 aliphatic carbocycles. The van der Waals surface area contributed by atoms with Crippen LogP contribution in [0.3, 0.4) is 0 Å². The van der Waals surface area contributed by atoms with Crippen LogP contribution in [-0.4, -0.2) is 33.4 Å². The molecule has 1 fully saturated rings. The number of nitriles is 1. The fraction of sp³-hybridized carbons (Fsp3) is 0.450. The normalized spacial score (nSPS) is 24.2. The van der Waals surface area contributed by atoms with E-state index in [0.717, 1.165) is 32.2 Å². The second kappa shape index (κ2) is 7.43. The molecule has 144 valence electrons. The zero-order valence-corrected chi connectivity index (χ0v) is 15.7. The van der Waals surface area contributed by atoms with Crippen LogP contribution in [0.25, 0.3) is 0 Å². The highest BCUT2D eigenvalue weighted by atomic mass is 16.2. The summed E-state index contributed by atoms with van der Waals surface area (Å²) >= 11 is 0. The van der Waals surface area contributed by atoms with Gasteiger partial charge in [-0.15, -0.1) is 0 Å². The van der Waals surface area contributed by atoms with Gasteiger partial charge in [-0.3, -0.25) is 19.6 Å². The van der Waals surface area contributed by atoms with Crippen molar-refractivity contribution < 1.29 is 4.79 Å². The fourth-order valence-corrected chi connectivity index (χ4v) is 4.22. The van der Waals surface area contributed by atoms with Crippen molar-refractivity contribution in [2.24, 2.45) is 5.92 Å². The molecular weight excluding hydrogens is 356 g/mol. The number of carbonyl (C=O) groups excluding carboxylic acids is 1. The summed E-state index contributed by atoms with van der Waals surface area (Å²) in [6.45, 7) is 2.94. The van der Waals surface area contributed by atoms with Crippen LogP contribution in [0.1, 0.15) is 49.8 Å². The molecule has 8 nitrogen and oxygen atoms in total. The first-order valence-corrected chi connectivity index (χ1v) is 9.66. The van der Waals surface area contributed by atoms with Crippen molar-refractivity contribution in [3.63, 3.8) is 0 Å². The van der Waals surface area contributed by atoms with Gasteiger partial charge in [-0.1, -0.05) is 13.0 Å². The van der Waals surface area contributed by atoms with E-state index in [1.54, 1.807) is 24.4 Å². The molecular formula is C20H22N6O2. The number of nitrogens with zero attached hydrogens (tertiary/aromatic N) is 4. The second-order valence-electron chi connectivity index (χ2n) is 7.23. The quantitative estimate of drug-likeness (QED) is 0.846. The minimum Gasteiger partial charge on any atom is -0.339 e. The largest absolute Gasteiger partial charge is 0.339 e. The summed E-state index contributed by atoms with van der Waals surface area (Å²) < 4.78 is 0. The number of pyridine rings is 1. The van der Waals surface area contributed by atoms with E-state index in [1.165, 1.54) is 0 Å². The molecule has 1 amide bonds. The maximum Gasteiger partial charge on any atom is 0.258 e. The summed E-state index contributed by atoms with van der Waals surface area (Å²) in [5.41, 5.74) is 0.463. The molecule has 0 bridgehead atoms. The van der Waals surface area contributed by atoms with Crippen LogP contribution < -0.4 is 15.8 Å². The van der Waals surface area contributed by atoms with Crippen molar-refractivity contribution in [2.45, 2.75) is 44.6 Å². The lowest BCUT2D eigenvalue weighted by atomic mass is 9.81. The van der Waals surface area contributed by atoms with Crippen LogP contribution in [0.2, 0.25) is 0 Å². The topological polar surface area (TPSA) is 115 Å². The van der Waals surface area contributed by atoms with Crippen LogP contribution in [0.15, 0.2) is 29.2 Å². The summed E-state index contributed by atoms with van der Waals surface area (Å²) in [4.78, 5) is 39.5. The van der Waals surface area contributed by atoms with E-state index in [2.05, 4.69) is 32.1 Å². The summed E-state index contributed by atoms with van der Waals surface area (Å²) in [7, 11) is 0. The smallest absolute Gasteiger partial charge is 0.258 e. The maximum absolute atomic E-state index is 13.1. The lowest BCUT2D eigenvalue weighted by Crippen LogP contribution is -2.43. The predicted molar refractivity (Wildman–Crippen MR) is 104 cm³/mol. The van der Waals surface area contributed by atoms with Crippen LogP contribution >= 0.6 is 0 Å². The average Bonchev–Trinajstić information content (AvgIpc) is 2.73. The Morgan fingerprint density at radius 1 is 1.32 bits per heavy atom. The van der Waals surface area contributed by atoms with Gasteiger partial charge in [-0.05, 0) is 37.8 Å². The lowest BCUT2D eigenvalue weighted by Gasteiger charge is -2.36. The Hall–Kier alpha value is -3.21. The van der Waals surface area contributed by atoms with Gasteiger partial charge >= 0.3 is 0 Å². The highest BCUT2D eigenvalue weighted by Crippen LogP contribution is 2.37. The Balaban J connectivity index is 1.83. The van der Waals surface area contributed by atoms with E-state index in [-0.39, 0.29) is 11.4 Å². The van der Waals surface area contributed by atoms with E-state index in [1.807, 2.05) is 6.07 Å². The van der Waals surface area contributed by atoms with Crippen LogP contribution in [0, 0.1) is 17.2 Å². The number of H-pyrrole nitrogens is 1. The number of hydrogen-bond acceptors (Lipinski definition) is 6. The third-order valence-electron chi connectivity index (χ3n) is 5.63. The maximum atomic E-state index is 13.1. The van der Waals surface area contributed by atoms with Gasteiger partial charge in [0.15, 0.2) is 0 Å². The Kier molecular flexibility index (Phi) is 4.82. The number of anilines is 2. The number of hydrogen-bond donors (Lipinski definition) is 2. The third-order valence-corrected chi connectivity index (χ3v) is 5.63. The molecule has 0 radical (unpaired) electrons. The SMILES string of the molecule is CCC1CCCCN1c1nc2c(c(=O)[nH]1)C(c1ccccn1)C(C#N)C(=O)N2. The van der Waals surface area contributed by atoms with Crippen molar-refractivity contribution in [3.8, 4) is 6.07 Å². The standard InChI is InChI=1S/C20H22N6O2/c1-2-12-7-4-6-10-26(12)20-24-17-16(19(28)25-20)15(13(11-21)18(27)23-17)14-8-3-5-9-22-14/h3,5,8-9,12-13,15H,2,4,6-7,10H2,1H3,(H2,23,24,25,27,28). The van der Waals surface area contributed by atoms with Crippen LogP contribution in [-0.2, 0) is 4.79 Å². The summed E-state index contributed by atoms with van der Waals surface area (Å²) in [6, 6.07) is 7.59. The number of aromatic nitrogens is 3. The number of rotatable bonds is 3. The third kappa shape index (κ3) is 3.03. The first-order valence-electron chi connectivity index (χ1n) is 9.66. The minimum atomic E-state index is -1.03. The molecule has 0 saturated carbocycles. The Labute approximate surface area is 162 Å². The van der Waals surface area contributed by atoms with Gasteiger partial charge in [0.1, 0.15) is 11.7 Å². The second-order valence-corrected chi connectivity index (χ2v) is 7.23. The Bertz CT molecular complexity index is 980. The van der Waals surface area contributed by atoms with E-state index in [9.17, 15) is 14.9 Å². The zero-order valence-electron chi connectivity index (χ0n) is 15.7. The monoisotopic (exact) mass is 378 g/mol. The average molecular weight is 378 g/mol. The molecule has 0 aromatic carbocycles. The first-order chi connectivity index (χ1) is 13.6. The Morgan fingerprint density at radius 3 is 2.89 bits per heavy atom. The highest BCUT2D eigenvalue weighted by Gasteiger charge is 2.41. The molecule has 3 unspecified atom stereocenters. The van der Waals surface area contributed by atoms with Crippen molar-refractivity contribution in [2.75, 3.05) is 16.8 Å². The molecule has 4 rings (SSSR count). The number of nitrogens with one attached hydrogen (secondary N) is 2. The van der Waals surface area contributed by atoms with Crippen LogP contribution in [0.5, 0.6) is 0 Å². The van der Waals surface area contributed by atoms with Crippen molar-refractivity contribution in [1.29, 1.82) is 5.26 Å². The molecule has 4 heterocycles. The van der Waals surface area contributed by atoms with E-state index in [4.69, 9.17) is 0 Å². The molecule has 2 aliphatic rings. The summed E-state index contributed by atoms with van der Waals surface area (Å²) in [5, 5.41) is 12.2. The van der Waals surface area contributed by atoms with Crippen LogP contribution in [0.4, 0.5) is 11.8 Å². The number of aromatic amines is 1. The lowest BCUT2D eigenvalue weighted by molar-refractivity contribution is -0.119. The van der Waals surface area contributed by atoms with Gasteiger partial charge in [-0.2, -0.15) is 10.2 Å². The van der Waals surface area contributed by atoms with E-state index >= 15 is 0 Å². The predicted octanol–water partition coefficient (Wildman–Crippen LogP) is 2.16. The highest BCUT2D eigenvalue weighted by molar-refractivity contribution is 5.97. The van der Waals surface area contributed by atoms with Gasteiger partial charge in [0.2, 0.25) is 11.9 Å². The molecule has 2 N–H and O–H groups in total. The van der Waals surface area contributed by atoms with Gasteiger partial charge < -0.3 is 10.2 Å². The number of carbonyl (C=O) groups is 1. The van der Waals surface area contributed by atoms with Crippen molar-refractivity contribution >= 4 is 17.7 Å². The zero-order chi connectivity index (χ0) is 19.7. The molecule has 2 aliphatic heterocycles. The molecule has 2 aromatic heterocycles. The number of piperidine rings is 1. The molecule has 28 heavy (non-hydrogen) atoms. The minimum absolute atomic E-state index is 0.228. The van der Waals surface area contributed by atoms with E-state index in [0.29, 0.717) is 23.2 Å². The first kappa shape index (κ1) is 18.2. The molecule has 1 saturated heterocycles. The van der Waals surface area contributed by atoms with Gasteiger partial charge in [0, 0.05) is 18.8 Å². The molecule has 8 heteroatoms. The molecule has 3 atom stereocenters. The van der Waals surface area contributed by atoms with Crippen molar-refractivity contribution in [3.05, 3.63) is 46.0 Å². The van der Waals surface area contributed by atoms with Crippen molar-refractivity contribution in [1.82, 2.24) is 15.0 Å². The molecule has 0 spiro atoms. The van der Waals surface area contributed by atoms with Gasteiger partial charge in [0.25, 0.3) is 5.56 Å². The fourth-order valence-electron chi connectivity index (χ4n) is 4.22. The Morgan fingerprint density at radius 2 is 2.18 bits per heavy atom.